The van der Waals surface area contributed by atoms with Crippen LogP contribution in [0.15, 0.2) is 28.6 Å². The van der Waals surface area contributed by atoms with E-state index in [1.807, 2.05) is 17.0 Å². The zero-order chi connectivity index (χ0) is 17.6. The Labute approximate surface area is 157 Å². The minimum absolute atomic E-state index is 0.206. The third kappa shape index (κ3) is 4.95. The predicted octanol–water partition coefficient (Wildman–Crippen LogP) is 4.34. The molecule has 1 saturated heterocycles. The smallest absolute Gasteiger partial charge is 0.233 e. The first kappa shape index (κ1) is 18.2. The van der Waals surface area contributed by atoms with Crippen LogP contribution in [-0.4, -0.2) is 39.3 Å². The van der Waals surface area contributed by atoms with Gasteiger partial charge in [-0.05, 0) is 50.3 Å². The third-order valence-corrected chi connectivity index (χ3v) is 6.42. The standard InChI is InChI=1S/C18H24N4OS2/c1-3-14-7-9-15(10-8-14)19-17-20-21-18(25-17)24-12-16(23)22-11-5-4-6-13(22)2/h7-10,13H,3-6,11-12H2,1-2H3,(H,19,20)/t13-/m1/s1. The van der Waals surface area contributed by atoms with E-state index in [4.69, 9.17) is 0 Å². The van der Waals surface area contributed by atoms with Gasteiger partial charge in [0.1, 0.15) is 0 Å². The molecule has 3 rings (SSSR count). The van der Waals surface area contributed by atoms with Crippen LogP contribution in [0, 0.1) is 0 Å². The summed E-state index contributed by atoms with van der Waals surface area (Å²) >= 11 is 2.96. The van der Waals surface area contributed by atoms with Gasteiger partial charge in [0.2, 0.25) is 11.0 Å². The molecule has 0 saturated carbocycles. The number of benzene rings is 1. The molecule has 0 bridgehead atoms. The summed E-state index contributed by atoms with van der Waals surface area (Å²) in [6, 6.07) is 8.68. The number of piperidine rings is 1. The summed E-state index contributed by atoms with van der Waals surface area (Å²) in [5.41, 5.74) is 2.31. The highest BCUT2D eigenvalue weighted by molar-refractivity contribution is 8.01. The van der Waals surface area contributed by atoms with Crippen molar-refractivity contribution in [2.24, 2.45) is 0 Å². The number of nitrogens with one attached hydrogen (secondary N) is 1. The molecule has 0 spiro atoms. The highest BCUT2D eigenvalue weighted by Crippen LogP contribution is 2.28. The topological polar surface area (TPSA) is 58.1 Å². The maximum Gasteiger partial charge on any atom is 0.233 e. The number of amides is 1. The largest absolute Gasteiger partial charge is 0.339 e. The van der Waals surface area contributed by atoms with Crippen molar-refractivity contribution >= 4 is 39.8 Å². The van der Waals surface area contributed by atoms with E-state index in [-0.39, 0.29) is 5.91 Å². The summed E-state index contributed by atoms with van der Waals surface area (Å²) < 4.78 is 0.825. The highest BCUT2D eigenvalue weighted by atomic mass is 32.2. The monoisotopic (exact) mass is 376 g/mol. The molecular weight excluding hydrogens is 352 g/mol. The summed E-state index contributed by atoms with van der Waals surface area (Å²) in [5, 5.41) is 12.4. The molecule has 0 radical (unpaired) electrons. The second-order valence-electron chi connectivity index (χ2n) is 6.27. The van der Waals surface area contributed by atoms with Crippen LogP contribution in [0.1, 0.15) is 38.7 Å². The lowest BCUT2D eigenvalue weighted by Gasteiger charge is -2.33. The van der Waals surface area contributed by atoms with Crippen LogP contribution in [0.2, 0.25) is 0 Å². The Morgan fingerprint density at radius 3 is 2.84 bits per heavy atom. The van der Waals surface area contributed by atoms with Crippen LogP contribution < -0.4 is 5.32 Å². The molecule has 134 valence electrons. The Hall–Kier alpha value is -1.60. The Bertz CT molecular complexity index is 701. The number of aromatic nitrogens is 2. The highest BCUT2D eigenvalue weighted by Gasteiger charge is 2.23. The first-order valence-electron chi connectivity index (χ1n) is 8.77. The van der Waals surface area contributed by atoms with Crippen LogP contribution in [0.5, 0.6) is 0 Å². The maximum absolute atomic E-state index is 12.4. The van der Waals surface area contributed by atoms with Crippen molar-refractivity contribution < 1.29 is 4.79 Å². The number of rotatable bonds is 6. The first-order valence-corrected chi connectivity index (χ1v) is 10.6. The molecule has 1 aromatic heterocycles. The van der Waals surface area contributed by atoms with E-state index >= 15 is 0 Å². The van der Waals surface area contributed by atoms with E-state index in [0.717, 1.165) is 41.0 Å². The van der Waals surface area contributed by atoms with Crippen LogP contribution in [-0.2, 0) is 11.2 Å². The van der Waals surface area contributed by atoms with Crippen molar-refractivity contribution in [2.75, 3.05) is 17.6 Å². The van der Waals surface area contributed by atoms with Gasteiger partial charge in [-0.1, -0.05) is 42.2 Å². The van der Waals surface area contributed by atoms with Crippen LogP contribution in [0.25, 0.3) is 0 Å². The van der Waals surface area contributed by atoms with Gasteiger partial charge in [0.15, 0.2) is 4.34 Å². The van der Waals surface area contributed by atoms with E-state index in [9.17, 15) is 4.79 Å². The van der Waals surface area contributed by atoms with Gasteiger partial charge >= 0.3 is 0 Å². The molecule has 1 aliphatic rings. The molecule has 2 aromatic rings. The fourth-order valence-corrected chi connectivity index (χ4v) is 4.60. The number of hydrogen-bond acceptors (Lipinski definition) is 6. The third-order valence-electron chi connectivity index (χ3n) is 4.46. The Balaban J connectivity index is 1.51. The molecule has 1 N–H and O–H groups in total. The van der Waals surface area contributed by atoms with Gasteiger partial charge in [0, 0.05) is 18.3 Å². The number of carbonyl (C=O) groups excluding carboxylic acids is 1. The lowest BCUT2D eigenvalue weighted by Crippen LogP contribution is -2.42. The van der Waals surface area contributed by atoms with Gasteiger partial charge in [0.05, 0.1) is 5.75 Å². The quantitative estimate of drug-likeness (QED) is 0.760. The van der Waals surface area contributed by atoms with Crippen molar-refractivity contribution in [2.45, 2.75) is 49.9 Å². The number of likely N-dealkylation sites (tertiary alicyclic amines) is 1. The van der Waals surface area contributed by atoms with Gasteiger partial charge in [-0.25, -0.2) is 0 Å². The Morgan fingerprint density at radius 2 is 2.12 bits per heavy atom. The normalized spacial score (nSPS) is 17.5. The molecule has 1 amide bonds. The molecule has 1 aliphatic heterocycles. The maximum atomic E-state index is 12.4. The lowest BCUT2D eigenvalue weighted by molar-refractivity contribution is -0.131. The molecule has 5 nitrogen and oxygen atoms in total. The second-order valence-corrected chi connectivity index (χ2v) is 8.47. The number of hydrogen-bond donors (Lipinski definition) is 1. The molecule has 7 heteroatoms. The zero-order valence-corrected chi connectivity index (χ0v) is 16.3. The van der Waals surface area contributed by atoms with Gasteiger partial charge in [-0.3, -0.25) is 4.79 Å². The van der Waals surface area contributed by atoms with Crippen LogP contribution >= 0.6 is 23.1 Å². The van der Waals surface area contributed by atoms with E-state index in [1.165, 1.54) is 35.1 Å². The van der Waals surface area contributed by atoms with E-state index in [0.29, 0.717) is 11.8 Å². The van der Waals surface area contributed by atoms with Crippen molar-refractivity contribution in [1.82, 2.24) is 15.1 Å². The number of anilines is 2. The minimum atomic E-state index is 0.206. The molecule has 1 fully saturated rings. The minimum Gasteiger partial charge on any atom is -0.339 e. The summed E-state index contributed by atoms with van der Waals surface area (Å²) in [6.07, 6.45) is 4.48. The van der Waals surface area contributed by atoms with E-state index in [2.05, 4.69) is 41.5 Å². The molecule has 1 atom stereocenters. The number of carbonyl (C=O) groups is 1. The van der Waals surface area contributed by atoms with Gasteiger partial charge in [-0.2, -0.15) is 0 Å². The predicted molar refractivity (Wildman–Crippen MR) is 105 cm³/mol. The van der Waals surface area contributed by atoms with E-state index < -0.39 is 0 Å². The SMILES string of the molecule is CCc1ccc(Nc2nnc(SCC(=O)N3CCCC[C@H]3C)s2)cc1. The molecular formula is C18H24N4OS2. The number of nitrogens with zero attached hydrogens (tertiary/aromatic N) is 3. The summed E-state index contributed by atoms with van der Waals surface area (Å²) in [6.45, 7) is 5.17. The average Bonchev–Trinajstić information content (AvgIpc) is 3.08. The molecule has 25 heavy (non-hydrogen) atoms. The molecule has 0 unspecified atom stereocenters. The number of thioether (sulfide) groups is 1. The summed E-state index contributed by atoms with van der Waals surface area (Å²) in [5.74, 6) is 0.640. The van der Waals surface area contributed by atoms with Crippen molar-refractivity contribution in [3.63, 3.8) is 0 Å². The summed E-state index contributed by atoms with van der Waals surface area (Å²) in [4.78, 5) is 14.4. The van der Waals surface area contributed by atoms with Gasteiger partial charge in [-0.15, -0.1) is 10.2 Å². The number of aryl methyl sites for hydroxylation is 1. The fraction of sp³-hybridized carbons (Fsp3) is 0.500. The molecule has 2 heterocycles. The van der Waals surface area contributed by atoms with Crippen LogP contribution in [0.3, 0.4) is 0 Å². The van der Waals surface area contributed by atoms with E-state index in [1.54, 1.807) is 0 Å². The van der Waals surface area contributed by atoms with Gasteiger partial charge in [0.25, 0.3) is 0 Å². The average molecular weight is 377 g/mol. The Kier molecular flexibility index (Phi) is 6.31. The summed E-state index contributed by atoms with van der Waals surface area (Å²) in [7, 11) is 0. The lowest BCUT2D eigenvalue weighted by atomic mass is 10.0. The zero-order valence-electron chi connectivity index (χ0n) is 14.7. The first-order chi connectivity index (χ1) is 12.2. The Morgan fingerprint density at radius 1 is 1.32 bits per heavy atom. The van der Waals surface area contributed by atoms with Crippen molar-refractivity contribution in [3.05, 3.63) is 29.8 Å². The molecule has 0 aliphatic carbocycles. The second kappa shape index (κ2) is 8.67. The fourth-order valence-electron chi connectivity index (χ4n) is 2.94. The van der Waals surface area contributed by atoms with Crippen LogP contribution in [0.4, 0.5) is 10.8 Å². The van der Waals surface area contributed by atoms with Crippen molar-refractivity contribution in [1.29, 1.82) is 0 Å². The van der Waals surface area contributed by atoms with Crippen molar-refractivity contribution in [3.8, 4) is 0 Å². The van der Waals surface area contributed by atoms with Gasteiger partial charge < -0.3 is 10.2 Å². The molecule has 1 aromatic carbocycles.